The number of hydrazone groups is 1. The summed E-state index contributed by atoms with van der Waals surface area (Å²) in [5.41, 5.74) is 0.532. The molecule has 0 spiro atoms. The van der Waals surface area contributed by atoms with Crippen molar-refractivity contribution < 1.29 is 9.59 Å². The fourth-order valence-electron chi connectivity index (χ4n) is 1.86. The van der Waals surface area contributed by atoms with Gasteiger partial charge in [-0.05, 0) is 38.1 Å². The highest BCUT2D eigenvalue weighted by molar-refractivity contribution is 6.69. The number of hydrogen-bond donors (Lipinski definition) is 0. The molecule has 1 aromatic carbocycles. The van der Waals surface area contributed by atoms with Gasteiger partial charge < -0.3 is 4.90 Å². The zero-order valence-corrected chi connectivity index (χ0v) is 11.5. The first-order chi connectivity index (χ1) is 9.08. The molecule has 0 atom stereocenters. The molecule has 19 heavy (non-hydrogen) atoms. The van der Waals surface area contributed by atoms with Crippen LogP contribution in [0.25, 0.3) is 0 Å². The normalized spacial score (nSPS) is 14.9. The largest absolute Gasteiger partial charge is 0.352 e. The second-order valence-electron chi connectivity index (χ2n) is 4.02. The number of benzene rings is 1. The summed E-state index contributed by atoms with van der Waals surface area (Å²) in [7, 11) is 0. The van der Waals surface area contributed by atoms with Crippen LogP contribution in [0, 0.1) is 0 Å². The van der Waals surface area contributed by atoms with E-state index in [9.17, 15) is 9.59 Å². The summed E-state index contributed by atoms with van der Waals surface area (Å²) in [4.78, 5) is 25.6. The fraction of sp³-hybridized carbons (Fsp3) is 0.308. The Labute approximate surface area is 116 Å². The van der Waals surface area contributed by atoms with Gasteiger partial charge in [-0.2, -0.15) is 5.01 Å². The molecule has 0 unspecified atom stereocenters. The van der Waals surface area contributed by atoms with E-state index in [4.69, 9.17) is 11.6 Å². The summed E-state index contributed by atoms with van der Waals surface area (Å²) in [6, 6.07) is 6.61. The number of nitrogens with zero attached hydrogens (tertiary/aromatic N) is 3. The number of carbonyl (C=O) groups is 2. The van der Waals surface area contributed by atoms with Gasteiger partial charge in [0.2, 0.25) is 5.84 Å². The van der Waals surface area contributed by atoms with Crippen LogP contribution in [0.1, 0.15) is 13.8 Å². The van der Waals surface area contributed by atoms with Crippen molar-refractivity contribution in [1.82, 2.24) is 4.90 Å². The third kappa shape index (κ3) is 2.46. The molecule has 1 aromatic rings. The van der Waals surface area contributed by atoms with Crippen LogP contribution in [0.15, 0.2) is 29.4 Å². The van der Waals surface area contributed by atoms with E-state index in [1.54, 1.807) is 29.2 Å². The number of amides is 1. The SMILES string of the molecule is CCN(CC)C1=NN(c2ccc(Cl)cc2)C(=O)C1=O. The molecule has 0 saturated carbocycles. The number of anilines is 1. The molecule has 5 nitrogen and oxygen atoms in total. The maximum absolute atomic E-state index is 11.9. The highest BCUT2D eigenvalue weighted by Crippen LogP contribution is 2.22. The quantitative estimate of drug-likeness (QED) is 0.794. The molecule has 1 amide bonds. The first-order valence-electron chi connectivity index (χ1n) is 6.06. The third-order valence-electron chi connectivity index (χ3n) is 2.92. The molecule has 0 aliphatic carbocycles. The number of Topliss-reactive ketones (excluding diaryl/α,β-unsaturated/α-hetero) is 1. The molecule has 100 valence electrons. The summed E-state index contributed by atoms with van der Waals surface area (Å²) >= 11 is 5.79. The molecule has 0 N–H and O–H groups in total. The van der Waals surface area contributed by atoms with Crippen molar-refractivity contribution in [3.8, 4) is 0 Å². The van der Waals surface area contributed by atoms with Gasteiger partial charge in [-0.25, -0.2) is 0 Å². The Balaban J connectivity index is 2.34. The van der Waals surface area contributed by atoms with Crippen molar-refractivity contribution in [3.05, 3.63) is 29.3 Å². The summed E-state index contributed by atoms with van der Waals surface area (Å²) in [6.45, 7) is 5.08. The molecular formula is C13H14ClN3O2. The van der Waals surface area contributed by atoms with Crippen LogP contribution in [-0.4, -0.2) is 35.5 Å². The molecule has 0 saturated heterocycles. The predicted octanol–water partition coefficient (Wildman–Crippen LogP) is 1.91. The number of halogens is 1. The Morgan fingerprint density at radius 1 is 1.16 bits per heavy atom. The zero-order chi connectivity index (χ0) is 14.0. The summed E-state index contributed by atoms with van der Waals surface area (Å²) in [5, 5.41) is 5.81. The molecule has 1 aliphatic heterocycles. The Morgan fingerprint density at radius 2 is 1.74 bits per heavy atom. The Bertz CT molecular complexity index is 535. The molecule has 2 rings (SSSR count). The molecule has 1 aliphatic rings. The minimum atomic E-state index is -0.635. The van der Waals surface area contributed by atoms with Gasteiger partial charge in [-0.15, -0.1) is 5.10 Å². The molecule has 0 aromatic heterocycles. The minimum absolute atomic E-state index is 0.199. The maximum Gasteiger partial charge on any atom is 0.323 e. The van der Waals surface area contributed by atoms with Crippen molar-refractivity contribution in [2.75, 3.05) is 18.1 Å². The second kappa shape index (κ2) is 5.40. The molecule has 1 heterocycles. The van der Waals surface area contributed by atoms with Gasteiger partial charge in [0, 0.05) is 18.1 Å². The lowest BCUT2D eigenvalue weighted by Crippen LogP contribution is -2.37. The molecule has 0 radical (unpaired) electrons. The summed E-state index contributed by atoms with van der Waals surface area (Å²) in [5.74, 6) is -1.01. The lowest BCUT2D eigenvalue weighted by Gasteiger charge is -2.17. The van der Waals surface area contributed by atoms with E-state index in [2.05, 4.69) is 5.10 Å². The van der Waals surface area contributed by atoms with Crippen LogP contribution in [0.3, 0.4) is 0 Å². The van der Waals surface area contributed by atoms with Gasteiger partial charge in [0.05, 0.1) is 5.69 Å². The van der Waals surface area contributed by atoms with Crippen LogP contribution in [0.2, 0.25) is 5.02 Å². The number of ketones is 1. The van der Waals surface area contributed by atoms with E-state index in [0.717, 1.165) is 5.01 Å². The van der Waals surface area contributed by atoms with Gasteiger partial charge in [0.1, 0.15) is 0 Å². The number of hydrogen-bond acceptors (Lipinski definition) is 4. The first kappa shape index (κ1) is 13.5. The number of amidine groups is 1. The van der Waals surface area contributed by atoms with Gasteiger partial charge >= 0.3 is 5.91 Å². The van der Waals surface area contributed by atoms with Gasteiger partial charge in [0.25, 0.3) is 5.78 Å². The van der Waals surface area contributed by atoms with Crippen LogP contribution in [0.5, 0.6) is 0 Å². The fourth-order valence-corrected chi connectivity index (χ4v) is 1.99. The van der Waals surface area contributed by atoms with Gasteiger partial charge in [0.15, 0.2) is 0 Å². The molecular weight excluding hydrogens is 266 g/mol. The standard InChI is InChI=1S/C13H14ClN3O2/c1-3-16(4-2)12-11(18)13(19)17(15-12)10-7-5-9(14)6-8-10/h5-8H,3-4H2,1-2H3. The Kier molecular flexibility index (Phi) is 3.85. The number of likely N-dealkylation sites (N-methyl/N-ethyl adjacent to an activating group) is 1. The van der Waals surface area contributed by atoms with Crippen LogP contribution in [0.4, 0.5) is 5.69 Å². The lowest BCUT2D eigenvalue weighted by atomic mass is 10.3. The third-order valence-corrected chi connectivity index (χ3v) is 3.17. The average Bonchev–Trinajstić information content (AvgIpc) is 2.70. The Morgan fingerprint density at radius 3 is 2.26 bits per heavy atom. The molecule has 6 heteroatoms. The van der Waals surface area contributed by atoms with Crippen molar-refractivity contribution in [2.24, 2.45) is 5.10 Å². The first-order valence-corrected chi connectivity index (χ1v) is 6.44. The summed E-state index contributed by atoms with van der Waals surface area (Å²) < 4.78 is 0. The van der Waals surface area contributed by atoms with Crippen LogP contribution < -0.4 is 5.01 Å². The van der Waals surface area contributed by atoms with Crippen LogP contribution >= 0.6 is 11.6 Å². The van der Waals surface area contributed by atoms with E-state index < -0.39 is 11.7 Å². The second-order valence-corrected chi connectivity index (χ2v) is 4.45. The minimum Gasteiger partial charge on any atom is -0.352 e. The van der Waals surface area contributed by atoms with E-state index in [1.807, 2.05) is 13.8 Å². The van der Waals surface area contributed by atoms with Crippen molar-refractivity contribution >= 4 is 34.8 Å². The van der Waals surface area contributed by atoms with E-state index in [1.165, 1.54) is 0 Å². The molecule has 0 bridgehead atoms. The zero-order valence-electron chi connectivity index (χ0n) is 10.8. The van der Waals surface area contributed by atoms with E-state index >= 15 is 0 Å². The van der Waals surface area contributed by atoms with Gasteiger partial charge in [-0.1, -0.05) is 11.6 Å². The lowest BCUT2D eigenvalue weighted by molar-refractivity contribution is -0.131. The highest BCUT2D eigenvalue weighted by atomic mass is 35.5. The maximum atomic E-state index is 11.9. The van der Waals surface area contributed by atoms with Crippen molar-refractivity contribution in [2.45, 2.75) is 13.8 Å². The predicted molar refractivity (Wildman–Crippen MR) is 74.3 cm³/mol. The van der Waals surface area contributed by atoms with Crippen molar-refractivity contribution in [3.63, 3.8) is 0 Å². The monoisotopic (exact) mass is 279 g/mol. The smallest absolute Gasteiger partial charge is 0.323 e. The van der Waals surface area contributed by atoms with Gasteiger partial charge in [-0.3, -0.25) is 9.59 Å². The molecule has 0 fully saturated rings. The van der Waals surface area contributed by atoms with E-state index in [-0.39, 0.29) is 5.84 Å². The van der Waals surface area contributed by atoms with Crippen molar-refractivity contribution in [1.29, 1.82) is 0 Å². The summed E-state index contributed by atoms with van der Waals surface area (Å²) in [6.07, 6.45) is 0. The Hall–Kier alpha value is -1.88. The number of rotatable bonds is 3. The number of carbonyl (C=O) groups excluding carboxylic acids is 2. The van der Waals surface area contributed by atoms with Crippen LogP contribution in [-0.2, 0) is 9.59 Å². The highest BCUT2D eigenvalue weighted by Gasteiger charge is 2.37. The van der Waals surface area contributed by atoms with E-state index in [0.29, 0.717) is 23.8 Å². The average molecular weight is 280 g/mol. The topological polar surface area (TPSA) is 53.0 Å².